The van der Waals surface area contributed by atoms with Gasteiger partial charge in [-0.1, -0.05) is 0 Å². The summed E-state index contributed by atoms with van der Waals surface area (Å²) in [6, 6.07) is 4.48. The molecule has 0 spiro atoms. The number of hydrogen-bond acceptors (Lipinski definition) is 7. The highest BCUT2D eigenvalue weighted by Gasteiger charge is 2.35. The summed E-state index contributed by atoms with van der Waals surface area (Å²) < 4.78 is 105. The van der Waals surface area contributed by atoms with Gasteiger partial charge in [-0.2, -0.15) is 13.2 Å². The molecule has 0 unspecified atom stereocenters. The Hall–Kier alpha value is -3.68. The zero-order chi connectivity index (χ0) is 26.7. The van der Waals surface area contributed by atoms with Gasteiger partial charge >= 0.3 is 12.5 Å². The quantitative estimate of drug-likeness (QED) is 0.213. The molecule has 0 fully saturated rings. The van der Waals surface area contributed by atoms with Gasteiger partial charge in [-0.05, 0) is 31.8 Å². The molecule has 0 aliphatic heterocycles. The molecule has 36 heavy (non-hydrogen) atoms. The van der Waals surface area contributed by atoms with E-state index in [-0.39, 0.29) is 34.4 Å². The van der Waals surface area contributed by atoms with Crippen LogP contribution in [0.3, 0.4) is 0 Å². The number of anilines is 1. The number of rotatable bonds is 9. The maximum absolute atomic E-state index is 14.6. The molecule has 1 N–H and O–H groups in total. The number of nitrogens with one attached hydrogen (secondary N) is 1. The van der Waals surface area contributed by atoms with Gasteiger partial charge in [0.1, 0.15) is 24.1 Å². The molecule has 194 valence electrons. The minimum atomic E-state index is -4.95. The number of nitrogens with zero attached hydrogens (tertiary/aromatic N) is 3. The van der Waals surface area contributed by atoms with E-state index in [4.69, 9.17) is 9.47 Å². The molecule has 0 atom stereocenters. The van der Waals surface area contributed by atoms with Crippen molar-refractivity contribution >= 4 is 29.1 Å². The first-order valence-electron chi connectivity index (χ1n) is 10.1. The number of methoxy groups -OCH3 is 1. The van der Waals surface area contributed by atoms with E-state index in [0.717, 1.165) is 6.07 Å². The fraction of sp³-hybridized carbons (Fsp3) is 0.318. The maximum atomic E-state index is 14.6. The van der Waals surface area contributed by atoms with Crippen molar-refractivity contribution in [1.82, 2.24) is 9.97 Å². The van der Waals surface area contributed by atoms with Gasteiger partial charge in [0, 0.05) is 23.6 Å². The van der Waals surface area contributed by atoms with Gasteiger partial charge in [0.15, 0.2) is 11.5 Å². The molecule has 0 aliphatic carbocycles. The van der Waals surface area contributed by atoms with Crippen molar-refractivity contribution in [3.05, 3.63) is 47.0 Å². The lowest BCUT2D eigenvalue weighted by molar-refractivity contribution is -0.325. The van der Waals surface area contributed by atoms with Gasteiger partial charge in [0.05, 0.1) is 30.5 Å². The number of benzene rings is 2. The summed E-state index contributed by atoms with van der Waals surface area (Å²) in [5.74, 6) is -0.898. The summed E-state index contributed by atoms with van der Waals surface area (Å²) in [5.41, 5.74) is -1.68. The van der Waals surface area contributed by atoms with Crippen LogP contribution in [0.15, 0.2) is 29.3 Å². The van der Waals surface area contributed by atoms with Crippen molar-refractivity contribution < 1.29 is 44.9 Å². The lowest BCUT2D eigenvalue weighted by atomic mass is 10.1. The molecule has 0 saturated heterocycles. The highest BCUT2D eigenvalue weighted by molar-refractivity contribution is 5.91. The van der Waals surface area contributed by atoms with Gasteiger partial charge in [-0.15, -0.1) is 13.2 Å². The van der Waals surface area contributed by atoms with E-state index in [1.807, 2.05) is 0 Å². The highest BCUT2D eigenvalue weighted by Crippen LogP contribution is 2.37. The minimum absolute atomic E-state index is 0.0367. The Morgan fingerprint density at radius 1 is 1.00 bits per heavy atom. The number of aryl methyl sites for hydroxylation is 1. The molecule has 0 aliphatic rings. The van der Waals surface area contributed by atoms with Crippen LogP contribution in [0.25, 0.3) is 10.9 Å². The molecule has 1 heterocycles. The van der Waals surface area contributed by atoms with Crippen molar-refractivity contribution in [3.63, 3.8) is 0 Å². The predicted octanol–water partition coefficient (Wildman–Crippen LogP) is 5.96. The lowest BCUT2D eigenvalue weighted by Gasteiger charge is -2.16. The largest absolute Gasteiger partial charge is 0.522 e. The van der Waals surface area contributed by atoms with Crippen LogP contribution >= 0.6 is 0 Å². The van der Waals surface area contributed by atoms with Crippen LogP contribution < -0.4 is 14.8 Å². The zero-order valence-corrected chi connectivity index (χ0v) is 18.8. The van der Waals surface area contributed by atoms with E-state index >= 15 is 0 Å². The molecule has 0 bridgehead atoms. The summed E-state index contributed by atoms with van der Waals surface area (Å²) in [6.07, 6.45) is -9.77. The monoisotopic (exact) mass is 520 g/mol. The Labute approximate surface area is 199 Å². The van der Waals surface area contributed by atoms with Gasteiger partial charge < -0.3 is 14.8 Å². The van der Waals surface area contributed by atoms with Gasteiger partial charge in [0.2, 0.25) is 0 Å². The average Bonchev–Trinajstić information content (AvgIpc) is 2.79. The van der Waals surface area contributed by atoms with Crippen molar-refractivity contribution in [2.24, 2.45) is 4.99 Å². The maximum Gasteiger partial charge on any atom is 0.522 e. The van der Waals surface area contributed by atoms with Crippen molar-refractivity contribution in [2.75, 3.05) is 25.6 Å². The Balaban J connectivity index is 1.94. The summed E-state index contributed by atoms with van der Waals surface area (Å²) in [6.45, 7) is 3.08. The first-order chi connectivity index (χ1) is 16.8. The molecule has 0 amide bonds. The first-order valence-corrected chi connectivity index (χ1v) is 10.1. The van der Waals surface area contributed by atoms with Crippen LogP contribution in [0.2, 0.25) is 0 Å². The second-order valence-corrected chi connectivity index (χ2v) is 7.26. The van der Waals surface area contributed by atoms with E-state index in [2.05, 4.69) is 31.7 Å². The highest BCUT2D eigenvalue weighted by atomic mass is 19.4. The predicted molar refractivity (Wildman–Crippen MR) is 116 cm³/mol. The van der Waals surface area contributed by atoms with Crippen molar-refractivity contribution in [1.29, 1.82) is 0 Å². The molecule has 3 rings (SSSR count). The van der Waals surface area contributed by atoms with E-state index in [1.165, 1.54) is 19.2 Å². The molecule has 0 radical (unpaired) electrons. The van der Waals surface area contributed by atoms with Crippen LogP contribution in [0.5, 0.6) is 11.5 Å². The number of aromatic nitrogens is 2. The standard InChI is InChI=1S/C22H19F7N4O3/c1-11-32-16-9-17(34-3)18(35-4-5-36-22(27,28)29)8-14(16)20(33-11)31-10-12-6-13(30-2)7-15(19(12)23)21(24,25)26/h6-9H,2,4-5,10H2,1,3H3,(H,31,32,33). The molecular weight excluding hydrogens is 501 g/mol. The number of aliphatic imine (C=N–C) groups is 1. The second-order valence-electron chi connectivity index (χ2n) is 7.26. The van der Waals surface area contributed by atoms with Crippen molar-refractivity contribution in [3.8, 4) is 11.5 Å². The number of alkyl halides is 6. The molecule has 14 heteroatoms. The molecule has 2 aromatic carbocycles. The number of halogens is 7. The van der Waals surface area contributed by atoms with Crippen LogP contribution in [0.4, 0.5) is 42.2 Å². The first kappa shape index (κ1) is 26.9. The Morgan fingerprint density at radius 3 is 2.33 bits per heavy atom. The third kappa shape index (κ3) is 6.50. The Morgan fingerprint density at radius 2 is 1.72 bits per heavy atom. The number of fused-ring (bicyclic) bond motifs is 1. The fourth-order valence-electron chi connectivity index (χ4n) is 3.24. The average molecular weight is 520 g/mol. The van der Waals surface area contributed by atoms with Crippen LogP contribution in [0.1, 0.15) is 17.0 Å². The van der Waals surface area contributed by atoms with Gasteiger partial charge in [-0.3, -0.25) is 9.73 Å². The molecular formula is C22H19F7N4O3. The minimum Gasteiger partial charge on any atom is -0.493 e. The number of ether oxygens (including phenoxy) is 3. The van der Waals surface area contributed by atoms with E-state index in [0.29, 0.717) is 17.0 Å². The summed E-state index contributed by atoms with van der Waals surface area (Å²) in [4.78, 5) is 11.9. The van der Waals surface area contributed by atoms with Gasteiger partial charge in [0.25, 0.3) is 0 Å². The topological polar surface area (TPSA) is 77.9 Å². The van der Waals surface area contributed by atoms with E-state index in [9.17, 15) is 30.7 Å². The summed E-state index contributed by atoms with van der Waals surface area (Å²) in [5, 5.41) is 3.07. The summed E-state index contributed by atoms with van der Waals surface area (Å²) in [7, 11) is 1.31. The van der Waals surface area contributed by atoms with Crippen LogP contribution in [-0.2, 0) is 17.5 Å². The third-order valence-corrected chi connectivity index (χ3v) is 4.77. The molecule has 1 aromatic heterocycles. The number of hydrogen-bond donors (Lipinski definition) is 1. The Kier molecular flexibility index (Phi) is 7.86. The van der Waals surface area contributed by atoms with E-state index in [1.54, 1.807) is 6.92 Å². The van der Waals surface area contributed by atoms with Gasteiger partial charge in [-0.25, -0.2) is 14.4 Å². The Bertz CT molecular complexity index is 1260. The van der Waals surface area contributed by atoms with Crippen LogP contribution in [-0.4, -0.2) is 43.4 Å². The third-order valence-electron chi connectivity index (χ3n) is 4.77. The SMILES string of the molecule is C=Nc1cc(CNc2nc(C)nc3cc(OC)c(OCCOC(F)(F)F)cc23)c(F)c(C(F)(F)F)c1. The van der Waals surface area contributed by atoms with Crippen LogP contribution in [0, 0.1) is 12.7 Å². The molecule has 7 nitrogen and oxygen atoms in total. The molecule has 0 saturated carbocycles. The zero-order valence-electron chi connectivity index (χ0n) is 18.8. The fourth-order valence-corrected chi connectivity index (χ4v) is 3.24. The van der Waals surface area contributed by atoms with E-state index < -0.39 is 43.7 Å². The lowest BCUT2D eigenvalue weighted by Crippen LogP contribution is -2.18. The summed E-state index contributed by atoms with van der Waals surface area (Å²) >= 11 is 0. The molecule has 3 aromatic rings. The smallest absolute Gasteiger partial charge is 0.493 e. The normalized spacial score (nSPS) is 12.0. The van der Waals surface area contributed by atoms with Crippen molar-refractivity contribution in [2.45, 2.75) is 26.0 Å². The second kappa shape index (κ2) is 10.5.